The average Bonchev–Trinajstić information content (AvgIpc) is 2.57. The van der Waals surface area contributed by atoms with Crippen molar-refractivity contribution in [2.24, 2.45) is 5.92 Å². The molecule has 17 heavy (non-hydrogen) atoms. The van der Waals surface area contributed by atoms with E-state index in [1.807, 2.05) is 0 Å². The molecule has 2 nitrogen and oxygen atoms in total. The van der Waals surface area contributed by atoms with Crippen molar-refractivity contribution in [2.75, 3.05) is 19.6 Å². The Morgan fingerprint density at radius 2 is 1.88 bits per heavy atom. The monoisotopic (exact) mass is 238 g/mol. The summed E-state index contributed by atoms with van der Waals surface area (Å²) in [6.45, 7) is 8.47. The van der Waals surface area contributed by atoms with Crippen LogP contribution in [-0.2, 0) is 0 Å². The number of nitrogens with zero attached hydrogens (tertiary/aromatic N) is 1. The maximum atomic E-state index is 3.61. The topological polar surface area (TPSA) is 15.3 Å². The van der Waals surface area contributed by atoms with E-state index in [-0.39, 0.29) is 0 Å². The Morgan fingerprint density at radius 3 is 2.59 bits per heavy atom. The molecule has 1 aliphatic carbocycles. The minimum absolute atomic E-state index is 0.712. The molecule has 2 rings (SSSR count). The zero-order valence-corrected chi connectivity index (χ0v) is 11.8. The number of hydrogen-bond donors (Lipinski definition) is 1. The summed E-state index contributed by atoms with van der Waals surface area (Å²) < 4.78 is 0. The molecule has 0 amide bonds. The van der Waals surface area contributed by atoms with Gasteiger partial charge in [0.15, 0.2) is 0 Å². The fourth-order valence-electron chi connectivity index (χ4n) is 3.77. The molecule has 2 unspecified atom stereocenters. The van der Waals surface area contributed by atoms with Crippen LogP contribution in [0, 0.1) is 5.92 Å². The molecular formula is C15H30N2. The molecule has 2 aliphatic rings. The third-order valence-electron chi connectivity index (χ3n) is 4.82. The van der Waals surface area contributed by atoms with E-state index in [1.54, 1.807) is 0 Å². The molecule has 0 aromatic rings. The van der Waals surface area contributed by atoms with Gasteiger partial charge in [0.1, 0.15) is 0 Å². The molecule has 1 saturated carbocycles. The highest BCUT2D eigenvalue weighted by molar-refractivity contribution is 4.83. The standard InChI is InChI=1S/C15H30N2/c1-3-15(14-7-5-4-6-8-14)17-11-9-13(2)16-10-12-17/h13-16H,3-12H2,1-2H3. The second-order valence-corrected chi connectivity index (χ2v) is 6.05. The van der Waals surface area contributed by atoms with Crippen LogP contribution in [0.25, 0.3) is 0 Å². The lowest BCUT2D eigenvalue weighted by Crippen LogP contribution is -2.42. The largest absolute Gasteiger partial charge is 0.313 e. The summed E-state index contributed by atoms with van der Waals surface area (Å²) in [5, 5.41) is 3.61. The van der Waals surface area contributed by atoms with Gasteiger partial charge >= 0.3 is 0 Å². The summed E-state index contributed by atoms with van der Waals surface area (Å²) in [6.07, 6.45) is 10.1. The molecule has 2 fully saturated rings. The van der Waals surface area contributed by atoms with Gasteiger partial charge < -0.3 is 5.32 Å². The van der Waals surface area contributed by atoms with E-state index in [0.717, 1.165) is 12.0 Å². The third-order valence-corrected chi connectivity index (χ3v) is 4.82. The number of hydrogen-bond acceptors (Lipinski definition) is 2. The van der Waals surface area contributed by atoms with Crippen molar-refractivity contribution in [2.45, 2.75) is 70.9 Å². The van der Waals surface area contributed by atoms with Crippen LogP contribution in [0.4, 0.5) is 0 Å². The van der Waals surface area contributed by atoms with E-state index >= 15 is 0 Å². The normalized spacial score (nSPS) is 31.1. The predicted molar refractivity (Wildman–Crippen MR) is 74.3 cm³/mol. The molecule has 1 aliphatic heterocycles. The highest BCUT2D eigenvalue weighted by atomic mass is 15.2. The van der Waals surface area contributed by atoms with Crippen LogP contribution in [0.3, 0.4) is 0 Å². The summed E-state index contributed by atoms with van der Waals surface area (Å²) in [5.74, 6) is 0.988. The van der Waals surface area contributed by atoms with Gasteiger partial charge in [-0.1, -0.05) is 26.2 Å². The molecule has 100 valence electrons. The number of rotatable bonds is 3. The lowest BCUT2D eigenvalue weighted by atomic mass is 9.82. The van der Waals surface area contributed by atoms with Crippen LogP contribution in [-0.4, -0.2) is 36.6 Å². The molecule has 0 spiro atoms. The maximum absolute atomic E-state index is 3.61. The van der Waals surface area contributed by atoms with Crippen molar-refractivity contribution in [3.8, 4) is 0 Å². The summed E-state index contributed by atoms with van der Waals surface area (Å²) in [4.78, 5) is 2.78. The van der Waals surface area contributed by atoms with E-state index in [4.69, 9.17) is 0 Å². The molecule has 0 aromatic carbocycles. The highest BCUT2D eigenvalue weighted by Gasteiger charge is 2.28. The van der Waals surface area contributed by atoms with E-state index in [1.165, 1.54) is 64.6 Å². The van der Waals surface area contributed by atoms with Crippen molar-refractivity contribution in [1.29, 1.82) is 0 Å². The Labute approximate surface area is 107 Å². The Hall–Kier alpha value is -0.0800. The minimum Gasteiger partial charge on any atom is -0.313 e. The van der Waals surface area contributed by atoms with E-state index in [9.17, 15) is 0 Å². The first-order valence-electron chi connectivity index (χ1n) is 7.78. The van der Waals surface area contributed by atoms with Crippen molar-refractivity contribution in [3.05, 3.63) is 0 Å². The van der Waals surface area contributed by atoms with Gasteiger partial charge in [0, 0.05) is 25.2 Å². The van der Waals surface area contributed by atoms with Crippen molar-refractivity contribution in [3.63, 3.8) is 0 Å². The summed E-state index contributed by atoms with van der Waals surface area (Å²) in [6, 6.07) is 1.58. The van der Waals surface area contributed by atoms with Gasteiger partial charge in [-0.15, -0.1) is 0 Å². The Balaban J connectivity index is 1.91. The Morgan fingerprint density at radius 1 is 1.12 bits per heavy atom. The van der Waals surface area contributed by atoms with Crippen molar-refractivity contribution >= 4 is 0 Å². The quantitative estimate of drug-likeness (QED) is 0.813. The Kier molecular flexibility index (Phi) is 5.30. The van der Waals surface area contributed by atoms with Crippen LogP contribution in [0.5, 0.6) is 0 Å². The molecule has 2 atom stereocenters. The van der Waals surface area contributed by atoms with Crippen LogP contribution < -0.4 is 5.32 Å². The summed E-state index contributed by atoms with van der Waals surface area (Å²) in [5.41, 5.74) is 0. The zero-order valence-electron chi connectivity index (χ0n) is 11.8. The zero-order chi connectivity index (χ0) is 12.1. The summed E-state index contributed by atoms with van der Waals surface area (Å²) in [7, 11) is 0. The van der Waals surface area contributed by atoms with Gasteiger partial charge in [-0.05, 0) is 45.1 Å². The molecular weight excluding hydrogens is 208 g/mol. The molecule has 1 heterocycles. The van der Waals surface area contributed by atoms with Gasteiger partial charge in [0.25, 0.3) is 0 Å². The van der Waals surface area contributed by atoms with Crippen LogP contribution in [0.1, 0.15) is 58.8 Å². The van der Waals surface area contributed by atoms with Crippen LogP contribution >= 0.6 is 0 Å². The SMILES string of the molecule is CCC(C1CCCCC1)N1CCNC(C)CC1. The fourth-order valence-corrected chi connectivity index (χ4v) is 3.77. The van der Waals surface area contributed by atoms with Gasteiger partial charge in [-0.25, -0.2) is 0 Å². The maximum Gasteiger partial charge on any atom is 0.0121 e. The summed E-state index contributed by atoms with van der Waals surface area (Å²) >= 11 is 0. The van der Waals surface area contributed by atoms with Crippen molar-refractivity contribution < 1.29 is 0 Å². The smallest absolute Gasteiger partial charge is 0.0121 e. The number of nitrogens with one attached hydrogen (secondary N) is 1. The lowest BCUT2D eigenvalue weighted by Gasteiger charge is -2.38. The lowest BCUT2D eigenvalue weighted by molar-refractivity contribution is 0.119. The molecule has 0 radical (unpaired) electrons. The second kappa shape index (κ2) is 6.75. The van der Waals surface area contributed by atoms with Gasteiger partial charge in [-0.2, -0.15) is 0 Å². The molecule has 1 saturated heterocycles. The minimum atomic E-state index is 0.712. The van der Waals surface area contributed by atoms with Crippen LogP contribution in [0.15, 0.2) is 0 Å². The fraction of sp³-hybridized carbons (Fsp3) is 1.00. The molecule has 0 aromatic heterocycles. The van der Waals surface area contributed by atoms with Gasteiger partial charge in [0.2, 0.25) is 0 Å². The van der Waals surface area contributed by atoms with E-state index in [0.29, 0.717) is 6.04 Å². The molecule has 1 N–H and O–H groups in total. The average molecular weight is 238 g/mol. The van der Waals surface area contributed by atoms with Crippen LogP contribution in [0.2, 0.25) is 0 Å². The molecule has 2 heteroatoms. The first-order valence-corrected chi connectivity index (χ1v) is 7.78. The van der Waals surface area contributed by atoms with Crippen molar-refractivity contribution in [1.82, 2.24) is 10.2 Å². The Bertz CT molecular complexity index is 211. The second-order valence-electron chi connectivity index (χ2n) is 6.05. The van der Waals surface area contributed by atoms with E-state index in [2.05, 4.69) is 24.1 Å². The van der Waals surface area contributed by atoms with E-state index < -0.39 is 0 Å². The van der Waals surface area contributed by atoms with Gasteiger partial charge in [0.05, 0.1) is 0 Å². The predicted octanol–water partition coefficient (Wildman–Crippen LogP) is 3.03. The van der Waals surface area contributed by atoms with Gasteiger partial charge in [-0.3, -0.25) is 4.90 Å². The highest BCUT2D eigenvalue weighted by Crippen LogP contribution is 2.30. The first-order chi connectivity index (χ1) is 8.31. The third kappa shape index (κ3) is 3.69. The molecule has 0 bridgehead atoms. The first kappa shape index (κ1) is 13.4.